The molecule has 1 aromatic carbocycles. The number of hydrogen-bond acceptors (Lipinski definition) is 2. The lowest BCUT2D eigenvalue weighted by Gasteiger charge is -2.59. The quantitative estimate of drug-likeness (QED) is 0.696. The summed E-state index contributed by atoms with van der Waals surface area (Å²) in [5.41, 5.74) is 1.85. The van der Waals surface area contributed by atoms with Gasteiger partial charge >= 0.3 is 0 Å². The molecule has 0 radical (unpaired) electrons. The second-order valence-electron chi connectivity index (χ2n) is 7.21. The molecule has 2 heteroatoms. The van der Waals surface area contributed by atoms with E-state index in [2.05, 4.69) is 17.1 Å². The number of fused-ring (bicyclic) bond motifs is 1. The molecule has 20 heavy (non-hydrogen) atoms. The van der Waals surface area contributed by atoms with Crippen LogP contribution in [0, 0.1) is 23.7 Å². The van der Waals surface area contributed by atoms with E-state index in [9.17, 15) is 0 Å². The Morgan fingerprint density at radius 1 is 1.10 bits per heavy atom. The van der Waals surface area contributed by atoms with Crippen molar-refractivity contribution in [2.24, 2.45) is 28.7 Å². The molecule has 1 aliphatic heterocycles. The number of aliphatic imine (C=N–C) groups is 1. The highest BCUT2D eigenvalue weighted by molar-refractivity contribution is 5.97. The van der Waals surface area contributed by atoms with Crippen LogP contribution in [-0.4, -0.2) is 12.9 Å². The van der Waals surface area contributed by atoms with Gasteiger partial charge in [0.1, 0.15) is 0 Å². The van der Waals surface area contributed by atoms with Crippen LogP contribution in [-0.2, 0) is 10.2 Å². The maximum atomic E-state index is 7.59. The van der Waals surface area contributed by atoms with Gasteiger partial charge in [-0.15, -0.1) is 0 Å². The lowest BCUT2D eigenvalue weighted by molar-refractivity contribution is -0.0352. The number of hydrogen-bond donors (Lipinski definition) is 0. The summed E-state index contributed by atoms with van der Waals surface area (Å²) in [6, 6.07) is 8.18. The van der Waals surface area contributed by atoms with Crippen LogP contribution >= 0.6 is 0 Å². The first-order valence-corrected chi connectivity index (χ1v) is 7.84. The number of nitrogens with zero attached hydrogens (tertiary/aromatic N) is 1. The zero-order valence-corrected chi connectivity index (χ0v) is 11.5. The van der Waals surface area contributed by atoms with Crippen LogP contribution in [0.3, 0.4) is 0 Å². The van der Waals surface area contributed by atoms with E-state index in [-0.39, 0.29) is 5.41 Å². The van der Waals surface area contributed by atoms with Crippen LogP contribution in [0.2, 0.25) is 0 Å². The van der Waals surface area contributed by atoms with Crippen LogP contribution in [0.4, 0.5) is 5.69 Å². The van der Waals surface area contributed by atoms with Crippen molar-refractivity contribution in [3.05, 3.63) is 29.8 Å². The van der Waals surface area contributed by atoms with Crippen LogP contribution < -0.4 is 0 Å². The summed E-state index contributed by atoms with van der Waals surface area (Å²) in [7, 11) is -2.43. The van der Waals surface area contributed by atoms with E-state index < -0.39 is 7.04 Å². The van der Waals surface area contributed by atoms with E-state index in [1.807, 2.05) is 12.1 Å². The molecule has 1 spiro atoms. The summed E-state index contributed by atoms with van der Waals surface area (Å²) in [6.07, 6.45) is 6.17. The van der Waals surface area contributed by atoms with Crippen molar-refractivity contribution in [3.63, 3.8) is 0 Å². The molecule has 0 N–H and O–H groups in total. The molecule has 4 fully saturated rings. The van der Waals surface area contributed by atoms with Gasteiger partial charge in [0.25, 0.3) is 0 Å². The highest BCUT2D eigenvalue weighted by atomic mass is 16.5. The molecule has 0 saturated heterocycles. The minimum atomic E-state index is -2.43. The largest absolute Gasteiger partial charge is 0.483 e. The van der Waals surface area contributed by atoms with E-state index in [4.69, 9.17) is 8.85 Å². The van der Waals surface area contributed by atoms with Gasteiger partial charge in [0.05, 0.1) is 22.3 Å². The molecule has 5 aliphatic rings. The fraction of sp³-hybridized carbons (Fsp3) is 0.611. The normalized spacial score (nSPS) is 46.6. The number of rotatable bonds is 0. The van der Waals surface area contributed by atoms with E-state index in [0.29, 0.717) is 17.7 Å². The van der Waals surface area contributed by atoms with Gasteiger partial charge in [-0.1, -0.05) is 18.2 Å². The molecular formula is C18H21NO. The van der Waals surface area contributed by atoms with Gasteiger partial charge in [-0.3, -0.25) is 0 Å². The van der Waals surface area contributed by atoms with Gasteiger partial charge in [0.2, 0.25) is 0 Å². The summed E-state index contributed by atoms with van der Waals surface area (Å²) in [6.45, 7) is 0. The molecule has 6 rings (SSSR count). The molecule has 1 aromatic rings. The highest BCUT2D eigenvalue weighted by Gasteiger charge is 2.63. The van der Waals surface area contributed by atoms with Crippen LogP contribution in [0.5, 0.6) is 0 Å². The van der Waals surface area contributed by atoms with Crippen molar-refractivity contribution in [3.8, 4) is 0 Å². The molecule has 0 unspecified atom stereocenters. The van der Waals surface area contributed by atoms with Crippen molar-refractivity contribution in [1.29, 1.82) is 0 Å². The third-order valence-corrected chi connectivity index (χ3v) is 6.45. The van der Waals surface area contributed by atoms with Crippen LogP contribution in [0.1, 0.15) is 41.8 Å². The van der Waals surface area contributed by atoms with E-state index in [0.717, 1.165) is 17.5 Å². The van der Waals surface area contributed by atoms with Crippen molar-refractivity contribution in [2.75, 3.05) is 7.04 Å². The Kier molecular flexibility index (Phi) is 1.62. The average molecular weight is 270 g/mol. The molecule has 0 atom stereocenters. The first-order valence-electron chi connectivity index (χ1n) is 9.34. The van der Waals surface area contributed by atoms with Crippen LogP contribution in [0.15, 0.2) is 29.3 Å². The topological polar surface area (TPSA) is 21.6 Å². The maximum Gasteiger partial charge on any atom is 0.199 e. The summed E-state index contributed by atoms with van der Waals surface area (Å²) < 4.78 is 28.3. The van der Waals surface area contributed by atoms with Gasteiger partial charge in [-0.2, -0.15) is 0 Å². The third kappa shape index (κ3) is 1.15. The number of ether oxygens (including phenoxy) is 1. The monoisotopic (exact) mass is 270 g/mol. The van der Waals surface area contributed by atoms with E-state index in [1.165, 1.54) is 37.7 Å². The van der Waals surface area contributed by atoms with Gasteiger partial charge in [0.15, 0.2) is 5.90 Å². The summed E-state index contributed by atoms with van der Waals surface area (Å²) >= 11 is 0. The Morgan fingerprint density at radius 3 is 2.50 bits per heavy atom. The minimum Gasteiger partial charge on any atom is -0.483 e. The zero-order valence-electron chi connectivity index (χ0n) is 14.5. The Labute approximate surface area is 124 Å². The standard InChI is InChI=1S/C18H21NO/c1-20-17-18(15-4-2-3-5-16(15)19-17)13-7-11-6-12(9-13)10-14(18)8-11/h2-5,11-14H,6-10H2,1H3/i1D3. The van der Waals surface area contributed by atoms with Gasteiger partial charge in [-0.25, -0.2) is 4.99 Å². The van der Waals surface area contributed by atoms with E-state index >= 15 is 0 Å². The van der Waals surface area contributed by atoms with Gasteiger partial charge in [-0.05, 0) is 67.4 Å². The number of benzene rings is 1. The zero-order chi connectivity index (χ0) is 15.8. The Bertz CT molecular complexity index is 666. The number of methoxy groups -OCH3 is 1. The summed E-state index contributed by atoms with van der Waals surface area (Å²) in [5, 5.41) is 0. The predicted molar refractivity (Wildman–Crippen MR) is 79.3 cm³/mol. The lowest BCUT2D eigenvalue weighted by Crippen LogP contribution is -2.58. The second kappa shape index (κ2) is 3.66. The summed E-state index contributed by atoms with van der Waals surface area (Å²) in [5.74, 6) is 3.11. The van der Waals surface area contributed by atoms with Crippen molar-refractivity contribution in [1.82, 2.24) is 0 Å². The fourth-order valence-electron chi connectivity index (χ4n) is 6.06. The SMILES string of the molecule is [2H]C([2H])([2H])OC1=Nc2ccccc2C12C1CC3CC(C1)CC2C3. The molecule has 0 amide bonds. The van der Waals surface area contributed by atoms with Crippen molar-refractivity contribution in [2.45, 2.75) is 37.5 Å². The molecule has 4 aliphatic carbocycles. The van der Waals surface area contributed by atoms with Crippen molar-refractivity contribution >= 4 is 11.6 Å². The third-order valence-electron chi connectivity index (χ3n) is 6.45. The summed E-state index contributed by atoms with van der Waals surface area (Å²) in [4.78, 5) is 4.67. The smallest absolute Gasteiger partial charge is 0.199 e. The fourth-order valence-corrected chi connectivity index (χ4v) is 6.06. The first-order chi connectivity index (χ1) is 11.0. The molecular weight excluding hydrogens is 246 g/mol. The predicted octanol–water partition coefficient (Wildman–Crippen LogP) is 4.07. The molecule has 0 aromatic heterocycles. The number of para-hydroxylation sites is 1. The average Bonchev–Trinajstić information content (AvgIpc) is 2.76. The molecule has 1 heterocycles. The van der Waals surface area contributed by atoms with Gasteiger partial charge < -0.3 is 4.74 Å². The maximum absolute atomic E-state index is 7.59. The second-order valence-corrected chi connectivity index (χ2v) is 7.21. The molecule has 2 nitrogen and oxygen atoms in total. The van der Waals surface area contributed by atoms with E-state index in [1.54, 1.807) is 0 Å². The first kappa shape index (κ1) is 8.86. The van der Waals surface area contributed by atoms with Crippen LogP contribution in [0.25, 0.3) is 0 Å². The van der Waals surface area contributed by atoms with Crippen molar-refractivity contribution < 1.29 is 8.85 Å². The Balaban J connectivity index is 1.68. The Hall–Kier alpha value is -1.31. The van der Waals surface area contributed by atoms with Gasteiger partial charge in [0, 0.05) is 0 Å². The highest BCUT2D eigenvalue weighted by Crippen LogP contribution is 2.66. The molecule has 4 saturated carbocycles. The lowest BCUT2D eigenvalue weighted by atomic mass is 9.44. The molecule has 4 bridgehead atoms. The molecule has 104 valence electrons. The Morgan fingerprint density at radius 2 is 1.80 bits per heavy atom. The minimum absolute atomic E-state index is 0.279.